The highest BCUT2D eigenvalue weighted by molar-refractivity contribution is 7.85. The number of fused-ring (bicyclic) bond motifs is 1. The molecule has 2 atom stereocenters. The van der Waals surface area contributed by atoms with E-state index in [0.717, 1.165) is 5.56 Å². The second kappa shape index (κ2) is 11.2. The maximum Gasteiger partial charge on any atom is 0.416 e. The zero-order valence-corrected chi connectivity index (χ0v) is 23.6. The molecule has 5 rings (SSSR count). The fourth-order valence-electron chi connectivity index (χ4n) is 4.93. The van der Waals surface area contributed by atoms with Gasteiger partial charge < -0.3 is 9.84 Å². The average Bonchev–Trinajstić information content (AvgIpc) is 2.99. The van der Waals surface area contributed by atoms with E-state index in [9.17, 15) is 35.7 Å². The number of methoxy groups -OCH3 is 1. The molecule has 43 heavy (non-hydrogen) atoms. The third kappa shape index (κ3) is 5.89. The van der Waals surface area contributed by atoms with Gasteiger partial charge in [-0.1, -0.05) is 54.1 Å². The number of hydrogen-bond acceptors (Lipinski definition) is 3. The summed E-state index contributed by atoms with van der Waals surface area (Å²) in [6.07, 6.45) is -10.3. The van der Waals surface area contributed by atoms with Crippen LogP contribution in [-0.4, -0.2) is 16.4 Å². The number of hydrogen-bond donors (Lipinski definition) is 1. The summed E-state index contributed by atoms with van der Waals surface area (Å²) in [5.41, 5.74) is -5.71. The molecular weight excluding hydrogens is 590 g/mol. The van der Waals surface area contributed by atoms with Crippen molar-refractivity contribution in [1.82, 2.24) is 0 Å². The van der Waals surface area contributed by atoms with E-state index >= 15 is 0 Å². The third-order valence-corrected chi connectivity index (χ3v) is 8.64. The Bertz CT molecular complexity index is 1800. The molecule has 0 heterocycles. The van der Waals surface area contributed by atoms with Gasteiger partial charge in [-0.2, -0.15) is 26.3 Å². The molecular formula is C33H24F6O3S. The van der Waals surface area contributed by atoms with Gasteiger partial charge in [0.15, 0.2) is 0 Å². The lowest BCUT2D eigenvalue weighted by atomic mass is 9.78. The normalized spacial score (nSPS) is 14.3. The van der Waals surface area contributed by atoms with E-state index in [4.69, 9.17) is 4.74 Å². The molecule has 1 unspecified atom stereocenters. The zero-order chi connectivity index (χ0) is 31.2. The van der Waals surface area contributed by atoms with E-state index in [-0.39, 0.29) is 22.1 Å². The number of alkyl halides is 6. The standard InChI is InChI=1S/C33H24F6O3S/c1-20-7-13-28(14-8-20)43(41)30-6-4-3-5-29(30)31(40,23-11-9-22-16-27(42-2)12-10-21(22)15-23)24-17-25(32(34,35)36)19-26(18-24)33(37,38)39/h3-19,40H,1-2H3/t31-,43?/m0/s1. The van der Waals surface area contributed by atoms with Crippen LogP contribution in [0.1, 0.15) is 33.4 Å². The van der Waals surface area contributed by atoms with E-state index in [0.29, 0.717) is 33.6 Å². The third-order valence-electron chi connectivity index (χ3n) is 7.18. The molecule has 5 aromatic rings. The SMILES string of the molecule is COc1ccc2cc([C@](O)(c3cc(C(F)(F)F)cc(C(F)(F)F)c3)c3ccccc3S(=O)c3ccc(C)cc3)ccc2c1. The predicted molar refractivity (Wildman–Crippen MR) is 151 cm³/mol. The monoisotopic (exact) mass is 614 g/mol. The topological polar surface area (TPSA) is 46.5 Å². The number of halogens is 6. The molecule has 0 bridgehead atoms. The highest BCUT2D eigenvalue weighted by atomic mass is 32.2. The highest BCUT2D eigenvalue weighted by Gasteiger charge is 2.43. The Morgan fingerprint density at radius 1 is 0.651 bits per heavy atom. The van der Waals surface area contributed by atoms with Crippen LogP contribution in [0.25, 0.3) is 10.8 Å². The first-order valence-corrected chi connectivity index (χ1v) is 14.1. The van der Waals surface area contributed by atoms with Gasteiger partial charge in [0.2, 0.25) is 0 Å². The van der Waals surface area contributed by atoms with Gasteiger partial charge in [0.1, 0.15) is 11.4 Å². The summed E-state index contributed by atoms with van der Waals surface area (Å²) in [5.74, 6) is 0.530. The number of aliphatic hydroxyl groups is 1. The zero-order valence-electron chi connectivity index (χ0n) is 22.8. The molecule has 1 N–H and O–H groups in total. The van der Waals surface area contributed by atoms with Gasteiger partial charge in [-0.05, 0) is 83.4 Å². The van der Waals surface area contributed by atoms with Gasteiger partial charge in [0.25, 0.3) is 0 Å². The second-order valence-corrected chi connectivity index (χ2v) is 11.5. The fourth-order valence-corrected chi connectivity index (χ4v) is 6.19. The molecule has 0 aliphatic rings. The van der Waals surface area contributed by atoms with Crippen molar-refractivity contribution >= 4 is 21.6 Å². The Labute approximate surface area is 245 Å². The van der Waals surface area contributed by atoms with Gasteiger partial charge in [-0.25, -0.2) is 4.21 Å². The van der Waals surface area contributed by atoms with Crippen LogP contribution in [0.5, 0.6) is 5.75 Å². The van der Waals surface area contributed by atoms with Crippen LogP contribution < -0.4 is 4.74 Å². The second-order valence-electron chi connectivity index (χ2n) is 10.0. The fraction of sp³-hybridized carbons (Fsp3) is 0.152. The molecule has 0 saturated heterocycles. The number of rotatable bonds is 6. The van der Waals surface area contributed by atoms with Crippen molar-refractivity contribution in [2.45, 2.75) is 34.7 Å². The lowest BCUT2D eigenvalue weighted by molar-refractivity contribution is -0.143. The Morgan fingerprint density at radius 3 is 1.81 bits per heavy atom. The van der Waals surface area contributed by atoms with Crippen LogP contribution in [0.3, 0.4) is 0 Å². The van der Waals surface area contributed by atoms with Crippen molar-refractivity contribution in [2.24, 2.45) is 0 Å². The molecule has 0 radical (unpaired) electrons. The molecule has 0 aliphatic heterocycles. The Balaban J connectivity index is 1.84. The summed E-state index contributed by atoms with van der Waals surface area (Å²) in [4.78, 5) is 0.362. The van der Waals surface area contributed by atoms with Crippen LogP contribution in [0.2, 0.25) is 0 Å². The Morgan fingerprint density at radius 2 is 1.21 bits per heavy atom. The van der Waals surface area contributed by atoms with Gasteiger partial charge in [0, 0.05) is 10.5 Å². The first-order valence-electron chi connectivity index (χ1n) is 12.9. The summed E-state index contributed by atoms with van der Waals surface area (Å²) in [6.45, 7) is 1.83. The van der Waals surface area contributed by atoms with Crippen molar-refractivity contribution in [3.05, 3.63) is 137 Å². The Hall–Kier alpha value is -4.15. The number of ether oxygens (including phenoxy) is 1. The first kappa shape index (κ1) is 30.3. The molecule has 0 aliphatic carbocycles. The predicted octanol–water partition coefficient (Wildman–Crippen LogP) is 8.65. The summed E-state index contributed by atoms with van der Waals surface area (Å²) < 4.78 is 103. The van der Waals surface area contributed by atoms with Crippen molar-refractivity contribution in [1.29, 1.82) is 0 Å². The molecule has 0 saturated carbocycles. The molecule has 0 aromatic heterocycles. The van der Waals surface area contributed by atoms with E-state index in [1.807, 2.05) is 6.92 Å². The summed E-state index contributed by atoms with van der Waals surface area (Å²) >= 11 is 0. The van der Waals surface area contributed by atoms with Crippen LogP contribution >= 0.6 is 0 Å². The van der Waals surface area contributed by atoms with E-state index < -0.39 is 45.4 Å². The number of benzene rings is 5. The van der Waals surface area contributed by atoms with Crippen LogP contribution in [0.4, 0.5) is 26.3 Å². The quantitative estimate of drug-likeness (QED) is 0.154. The average molecular weight is 615 g/mol. The maximum atomic E-state index is 14.0. The van der Waals surface area contributed by atoms with Crippen LogP contribution in [0, 0.1) is 6.92 Å². The highest BCUT2D eigenvalue weighted by Crippen LogP contribution is 2.45. The van der Waals surface area contributed by atoms with E-state index in [2.05, 4.69) is 0 Å². The van der Waals surface area contributed by atoms with Gasteiger partial charge >= 0.3 is 12.4 Å². The van der Waals surface area contributed by atoms with Crippen molar-refractivity contribution < 1.29 is 40.4 Å². The van der Waals surface area contributed by atoms with Crippen molar-refractivity contribution in [2.75, 3.05) is 7.11 Å². The Kier molecular flexibility index (Phi) is 7.87. The maximum absolute atomic E-state index is 14.0. The minimum atomic E-state index is -5.15. The number of aryl methyl sites for hydroxylation is 1. The summed E-state index contributed by atoms with van der Waals surface area (Å²) in [7, 11) is -0.481. The van der Waals surface area contributed by atoms with Gasteiger partial charge in [-0.3, -0.25) is 0 Å². The molecule has 5 aromatic carbocycles. The van der Waals surface area contributed by atoms with Crippen LogP contribution in [0.15, 0.2) is 113 Å². The van der Waals surface area contributed by atoms with Crippen molar-refractivity contribution in [3.8, 4) is 5.75 Å². The molecule has 0 fully saturated rings. The molecule has 3 nitrogen and oxygen atoms in total. The minimum Gasteiger partial charge on any atom is -0.497 e. The molecule has 0 amide bonds. The minimum absolute atomic E-state index is 0.00689. The molecule has 0 spiro atoms. The van der Waals surface area contributed by atoms with E-state index in [1.54, 1.807) is 48.5 Å². The van der Waals surface area contributed by atoms with Crippen molar-refractivity contribution in [3.63, 3.8) is 0 Å². The van der Waals surface area contributed by atoms with Crippen LogP contribution in [-0.2, 0) is 28.8 Å². The summed E-state index contributed by atoms with van der Waals surface area (Å²) in [6, 6.07) is 22.9. The largest absolute Gasteiger partial charge is 0.497 e. The van der Waals surface area contributed by atoms with Gasteiger partial charge in [-0.15, -0.1) is 0 Å². The first-order chi connectivity index (χ1) is 20.2. The molecule has 10 heteroatoms. The van der Waals surface area contributed by atoms with Gasteiger partial charge in [0.05, 0.1) is 33.9 Å². The lowest BCUT2D eigenvalue weighted by Gasteiger charge is -2.33. The lowest BCUT2D eigenvalue weighted by Crippen LogP contribution is -2.31. The van der Waals surface area contributed by atoms with E-state index in [1.165, 1.54) is 43.5 Å². The molecule has 222 valence electrons. The summed E-state index contributed by atoms with van der Waals surface area (Å²) in [5, 5.41) is 13.8. The smallest absolute Gasteiger partial charge is 0.416 e.